The molecule has 1 rings (SSSR count). The van der Waals surface area contributed by atoms with E-state index in [0.29, 0.717) is 13.1 Å². The highest BCUT2D eigenvalue weighted by atomic mass is 16.2. The molecule has 2 amide bonds. The van der Waals surface area contributed by atoms with E-state index in [2.05, 4.69) is 36.6 Å². The van der Waals surface area contributed by atoms with Crippen molar-refractivity contribution >= 4 is 17.5 Å². The summed E-state index contributed by atoms with van der Waals surface area (Å²) in [4.78, 5) is 25.3. The second-order valence-corrected chi connectivity index (χ2v) is 6.39. The lowest BCUT2D eigenvalue weighted by Gasteiger charge is -2.19. The quantitative estimate of drug-likeness (QED) is 0.635. The van der Waals surface area contributed by atoms with E-state index in [1.165, 1.54) is 0 Å². The Morgan fingerprint density at radius 1 is 1.00 bits per heavy atom. The molecular weight excluding hydrogens is 302 g/mol. The van der Waals surface area contributed by atoms with E-state index >= 15 is 0 Å². The number of quaternary nitrogens is 1. The summed E-state index contributed by atoms with van der Waals surface area (Å²) in [5.74, 6) is -0.0577. The Hall–Kier alpha value is -1.88. The van der Waals surface area contributed by atoms with Crippen LogP contribution < -0.4 is 15.5 Å². The van der Waals surface area contributed by atoms with Crippen LogP contribution in [0.25, 0.3) is 0 Å². The number of hydrogen-bond donors (Lipinski definition) is 3. The largest absolute Gasteiger partial charge is 0.349 e. The van der Waals surface area contributed by atoms with Crippen molar-refractivity contribution in [2.45, 2.75) is 53.5 Å². The van der Waals surface area contributed by atoms with Gasteiger partial charge < -0.3 is 15.5 Å². The Morgan fingerprint density at radius 3 is 2.00 bits per heavy atom. The zero-order valence-corrected chi connectivity index (χ0v) is 15.7. The van der Waals surface area contributed by atoms with E-state index in [9.17, 15) is 9.59 Å². The highest BCUT2D eigenvalue weighted by Gasteiger charge is 2.18. The Labute approximate surface area is 145 Å². The molecule has 0 bridgehead atoms. The van der Waals surface area contributed by atoms with Crippen LogP contribution >= 0.6 is 0 Å². The molecule has 0 aliphatic heterocycles. The van der Waals surface area contributed by atoms with E-state index in [-0.39, 0.29) is 17.9 Å². The monoisotopic (exact) mass is 334 g/mol. The van der Waals surface area contributed by atoms with E-state index in [1.54, 1.807) is 0 Å². The van der Waals surface area contributed by atoms with Gasteiger partial charge in [0.15, 0.2) is 13.1 Å². The fourth-order valence-corrected chi connectivity index (χ4v) is 2.73. The molecule has 0 saturated heterocycles. The van der Waals surface area contributed by atoms with E-state index in [4.69, 9.17) is 0 Å². The minimum Gasteiger partial charge on any atom is -0.349 e. The molecule has 0 spiro atoms. The molecule has 1 atom stereocenters. The van der Waals surface area contributed by atoms with Gasteiger partial charge in [-0.25, -0.2) is 0 Å². The Morgan fingerprint density at radius 2 is 1.54 bits per heavy atom. The third kappa shape index (κ3) is 6.32. The number of nitrogens with one attached hydrogen (secondary N) is 3. The number of para-hydroxylation sites is 1. The third-order valence-corrected chi connectivity index (χ3v) is 4.03. The first-order valence-corrected chi connectivity index (χ1v) is 8.94. The first-order chi connectivity index (χ1) is 11.4. The molecule has 3 N–H and O–H groups in total. The smallest absolute Gasteiger partial charge is 0.279 e. The molecule has 134 valence electrons. The van der Waals surface area contributed by atoms with Crippen molar-refractivity contribution in [1.82, 2.24) is 5.32 Å². The molecule has 1 aromatic rings. The van der Waals surface area contributed by atoms with E-state index in [0.717, 1.165) is 41.1 Å². The van der Waals surface area contributed by atoms with Crippen LogP contribution in [-0.4, -0.2) is 37.5 Å². The lowest BCUT2D eigenvalue weighted by atomic mass is 10.0. The zero-order valence-electron chi connectivity index (χ0n) is 15.7. The van der Waals surface area contributed by atoms with Gasteiger partial charge in [0.1, 0.15) is 0 Å². The number of benzene rings is 1. The molecule has 0 saturated carbocycles. The third-order valence-electron chi connectivity index (χ3n) is 4.03. The molecule has 1 unspecified atom stereocenters. The van der Waals surface area contributed by atoms with Crippen molar-refractivity contribution in [2.75, 3.05) is 25.0 Å². The first kappa shape index (κ1) is 20.2. The number of anilines is 1. The summed E-state index contributed by atoms with van der Waals surface area (Å²) in [6.45, 7) is 11.4. The molecule has 5 nitrogen and oxygen atoms in total. The van der Waals surface area contributed by atoms with Gasteiger partial charge in [0.05, 0.1) is 6.54 Å². The lowest BCUT2D eigenvalue weighted by molar-refractivity contribution is -0.881. The number of rotatable bonds is 9. The van der Waals surface area contributed by atoms with Gasteiger partial charge in [-0.3, -0.25) is 9.59 Å². The van der Waals surface area contributed by atoms with Gasteiger partial charge in [-0.15, -0.1) is 0 Å². The molecule has 24 heavy (non-hydrogen) atoms. The van der Waals surface area contributed by atoms with Crippen LogP contribution in [0.5, 0.6) is 0 Å². The highest BCUT2D eigenvalue weighted by molar-refractivity contribution is 5.93. The fraction of sp³-hybridized carbons (Fsp3) is 0.579. The Bertz CT molecular complexity index is 533. The minimum absolute atomic E-state index is 0.0159. The number of amides is 2. The van der Waals surface area contributed by atoms with Crippen molar-refractivity contribution in [3.63, 3.8) is 0 Å². The number of carbonyl (C=O) groups is 2. The van der Waals surface area contributed by atoms with E-state index in [1.807, 2.05) is 26.8 Å². The van der Waals surface area contributed by atoms with Crippen LogP contribution in [0.15, 0.2) is 18.2 Å². The van der Waals surface area contributed by atoms with Gasteiger partial charge in [-0.2, -0.15) is 0 Å². The zero-order chi connectivity index (χ0) is 18.1. The average molecular weight is 334 g/mol. The molecule has 0 aliphatic carbocycles. The lowest BCUT2D eigenvalue weighted by Crippen LogP contribution is -3.14. The average Bonchev–Trinajstić information content (AvgIpc) is 2.53. The van der Waals surface area contributed by atoms with Crippen LogP contribution in [0.2, 0.25) is 0 Å². The summed E-state index contributed by atoms with van der Waals surface area (Å²) < 4.78 is 0. The fourth-order valence-electron chi connectivity index (χ4n) is 2.73. The molecule has 0 fully saturated rings. The topological polar surface area (TPSA) is 62.6 Å². The number of aryl methyl sites for hydroxylation is 2. The van der Waals surface area contributed by atoms with Crippen LogP contribution in [0.4, 0.5) is 5.69 Å². The van der Waals surface area contributed by atoms with Crippen molar-refractivity contribution in [3.05, 3.63) is 29.3 Å². The van der Waals surface area contributed by atoms with Crippen molar-refractivity contribution < 1.29 is 14.5 Å². The summed E-state index contributed by atoms with van der Waals surface area (Å²) in [5, 5.41) is 5.94. The van der Waals surface area contributed by atoms with Gasteiger partial charge in [-0.05, 0) is 44.7 Å². The summed E-state index contributed by atoms with van der Waals surface area (Å²) in [7, 11) is 0. The molecular formula is C19H32N3O2+. The summed E-state index contributed by atoms with van der Waals surface area (Å²) >= 11 is 0. The molecule has 0 heterocycles. The summed E-state index contributed by atoms with van der Waals surface area (Å²) in [6.07, 6.45) is 1.76. The standard InChI is InChI=1S/C19H31N3O2/c1-6-15-10-9-11-16(7-2)19(15)21-18(24)13-22(8-3)12-17(23)20-14(4)5/h9-11,14H,6-8,12-13H2,1-5H3,(H,20,23)(H,21,24)/p+1. The number of likely N-dealkylation sites (N-methyl/N-ethyl adjacent to an activating group) is 1. The predicted octanol–water partition coefficient (Wildman–Crippen LogP) is 1.18. The maximum absolute atomic E-state index is 12.5. The Kier molecular flexibility index (Phi) is 8.47. The Balaban J connectivity index is 2.72. The maximum atomic E-state index is 12.5. The maximum Gasteiger partial charge on any atom is 0.279 e. The second-order valence-electron chi connectivity index (χ2n) is 6.39. The minimum atomic E-state index is -0.0419. The number of carbonyl (C=O) groups excluding carboxylic acids is 2. The van der Waals surface area contributed by atoms with Crippen molar-refractivity contribution in [3.8, 4) is 0 Å². The predicted molar refractivity (Wildman–Crippen MR) is 98.3 cm³/mol. The van der Waals surface area contributed by atoms with Gasteiger partial charge in [0.2, 0.25) is 0 Å². The normalized spacial score (nSPS) is 12.1. The van der Waals surface area contributed by atoms with Crippen LogP contribution in [0.3, 0.4) is 0 Å². The SMILES string of the molecule is CCc1cccc(CC)c1NC(=O)C[NH+](CC)CC(=O)NC(C)C. The molecule has 5 heteroatoms. The molecule has 0 aromatic heterocycles. The molecule has 1 aromatic carbocycles. The van der Waals surface area contributed by atoms with Gasteiger partial charge >= 0.3 is 0 Å². The first-order valence-electron chi connectivity index (χ1n) is 8.94. The van der Waals surface area contributed by atoms with Crippen LogP contribution in [-0.2, 0) is 22.4 Å². The molecule has 0 aliphatic rings. The van der Waals surface area contributed by atoms with Gasteiger partial charge in [0, 0.05) is 11.7 Å². The summed E-state index contributed by atoms with van der Waals surface area (Å²) in [6, 6.07) is 6.26. The number of hydrogen-bond acceptors (Lipinski definition) is 2. The van der Waals surface area contributed by atoms with Gasteiger partial charge in [0.25, 0.3) is 11.8 Å². The summed E-state index contributed by atoms with van der Waals surface area (Å²) in [5.41, 5.74) is 3.24. The van der Waals surface area contributed by atoms with Crippen LogP contribution in [0, 0.1) is 0 Å². The molecule has 0 radical (unpaired) electrons. The van der Waals surface area contributed by atoms with Crippen LogP contribution in [0.1, 0.15) is 45.7 Å². The van der Waals surface area contributed by atoms with E-state index < -0.39 is 0 Å². The second kappa shape index (κ2) is 10.1. The van der Waals surface area contributed by atoms with Crippen molar-refractivity contribution in [1.29, 1.82) is 0 Å². The van der Waals surface area contributed by atoms with Crippen molar-refractivity contribution in [2.24, 2.45) is 0 Å². The van der Waals surface area contributed by atoms with Gasteiger partial charge in [-0.1, -0.05) is 32.0 Å². The highest BCUT2D eigenvalue weighted by Crippen LogP contribution is 2.22.